The first kappa shape index (κ1) is 33.0. The van der Waals surface area contributed by atoms with Crippen molar-refractivity contribution in [3.63, 3.8) is 0 Å². The summed E-state index contributed by atoms with van der Waals surface area (Å²) in [6.07, 6.45) is 5.59. The summed E-state index contributed by atoms with van der Waals surface area (Å²) < 4.78 is -1.27. The summed E-state index contributed by atoms with van der Waals surface area (Å²) in [4.78, 5) is 49.7. The molecule has 3 amide bonds. The number of likely N-dealkylation sites (tertiary alicyclic amines) is 1. The first-order valence-electron chi connectivity index (χ1n) is 16.2. The molecular weight excluding hydrogens is 582 g/mol. The van der Waals surface area contributed by atoms with Crippen molar-refractivity contribution in [3.8, 4) is 0 Å². The number of rotatable bonds is 14. The minimum atomic E-state index is -0.795. The summed E-state index contributed by atoms with van der Waals surface area (Å²) in [5.41, 5.74) is 2.00. The van der Waals surface area contributed by atoms with Crippen LogP contribution >= 0.6 is 11.8 Å². The number of aliphatic hydroxyl groups is 1. The van der Waals surface area contributed by atoms with Crippen molar-refractivity contribution in [3.05, 3.63) is 97.1 Å². The van der Waals surface area contributed by atoms with E-state index in [2.05, 4.69) is 20.1 Å². The zero-order valence-corrected chi connectivity index (χ0v) is 27.6. The van der Waals surface area contributed by atoms with Gasteiger partial charge in [0.25, 0.3) is 0 Å². The summed E-state index contributed by atoms with van der Waals surface area (Å²) in [7, 11) is 0. The first-order chi connectivity index (χ1) is 21.7. The van der Waals surface area contributed by atoms with E-state index in [1.165, 1.54) is 0 Å². The molecule has 5 rings (SSSR count). The molecule has 8 heteroatoms. The van der Waals surface area contributed by atoms with Gasteiger partial charge in [0.2, 0.25) is 17.7 Å². The van der Waals surface area contributed by atoms with Crippen LogP contribution in [0.2, 0.25) is 0 Å². The monoisotopic (exact) mass is 629 g/mol. The van der Waals surface area contributed by atoms with E-state index in [-0.39, 0.29) is 30.2 Å². The highest BCUT2D eigenvalue weighted by atomic mass is 32.2. The second-order valence-electron chi connectivity index (χ2n) is 13.1. The smallest absolute Gasteiger partial charge is 0.247 e. The van der Waals surface area contributed by atoms with Gasteiger partial charge in [-0.15, -0.1) is 24.9 Å². The number of aliphatic hydroxyl groups excluding tert-OH is 1. The number of hydrogen-bond donors (Lipinski definition) is 1. The predicted molar refractivity (Wildman–Crippen MR) is 180 cm³/mol. The van der Waals surface area contributed by atoms with Gasteiger partial charge in [-0.05, 0) is 36.8 Å². The molecule has 3 heterocycles. The molecule has 1 N–H and O–H groups in total. The van der Waals surface area contributed by atoms with Crippen molar-refractivity contribution in [2.45, 2.75) is 74.7 Å². The number of benzene rings is 2. The largest absolute Gasteiger partial charge is 0.394 e. The zero-order chi connectivity index (χ0) is 32.4. The van der Waals surface area contributed by atoms with Crippen LogP contribution in [0, 0.1) is 17.8 Å². The lowest BCUT2D eigenvalue weighted by Gasteiger charge is -2.41. The summed E-state index contributed by atoms with van der Waals surface area (Å²) in [6, 6.07) is 18.4. The van der Waals surface area contributed by atoms with Crippen LogP contribution in [-0.4, -0.2) is 78.8 Å². The molecule has 7 nitrogen and oxygen atoms in total. The van der Waals surface area contributed by atoms with Crippen molar-refractivity contribution >= 4 is 29.5 Å². The lowest BCUT2D eigenvalue weighted by molar-refractivity contribution is -0.149. The van der Waals surface area contributed by atoms with Crippen LogP contribution in [0.15, 0.2) is 86.0 Å². The van der Waals surface area contributed by atoms with Crippen LogP contribution in [0.25, 0.3) is 0 Å². The first-order valence-corrected chi connectivity index (χ1v) is 17.0. The number of carbonyl (C=O) groups is 3. The van der Waals surface area contributed by atoms with Gasteiger partial charge in [-0.3, -0.25) is 14.4 Å². The molecule has 2 aromatic rings. The molecule has 0 saturated carbocycles. The molecule has 0 radical (unpaired) electrons. The van der Waals surface area contributed by atoms with Gasteiger partial charge in [-0.2, -0.15) is 0 Å². The Labute approximate surface area is 272 Å². The topological polar surface area (TPSA) is 81.2 Å². The third kappa shape index (κ3) is 5.87. The fourth-order valence-corrected chi connectivity index (χ4v) is 10.3. The summed E-state index contributed by atoms with van der Waals surface area (Å²) >= 11 is 1.67. The van der Waals surface area contributed by atoms with Crippen molar-refractivity contribution in [1.82, 2.24) is 14.7 Å². The third-order valence-corrected chi connectivity index (χ3v) is 12.3. The Bertz CT molecular complexity index is 1400. The van der Waals surface area contributed by atoms with Crippen LogP contribution in [0.1, 0.15) is 51.2 Å². The molecule has 3 aliphatic rings. The molecule has 2 bridgehead atoms. The number of carbonyl (C=O) groups excluding carboxylic acids is 3. The van der Waals surface area contributed by atoms with Crippen LogP contribution in [0.3, 0.4) is 0 Å². The van der Waals surface area contributed by atoms with Crippen LogP contribution in [0.4, 0.5) is 0 Å². The SMILES string of the molecule is C=CCN(Cc1ccccc1)C(=O)C1N([C@@H](CO)[C@@H](C)CC)C(=O)[C@@H]2[C@H](C(=O)N(CC=C)Cc3ccccc3)[C@]3(C)CCC12S3. The van der Waals surface area contributed by atoms with Crippen LogP contribution in [0.5, 0.6) is 0 Å². The molecule has 2 unspecified atom stereocenters. The quantitative estimate of drug-likeness (QED) is 0.287. The summed E-state index contributed by atoms with van der Waals surface area (Å²) in [5, 5.41) is 10.7. The van der Waals surface area contributed by atoms with Gasteiger partial charge >= 0.3 is 0 Å². The molecule has 2 aromatic carbocycles. The van der Waals surface area contributed by atoms with Gasteiger partial charge < -0.3 is 19.8 Å². The number of fused-ring (bicyclic) bond motifs is 1. The Morgan fingerprint density at radius 3 is 2.00 bits per heavy atom. The average molecular weight is 630 g/mol. The van der Waals surface area contributed by atoms with Gasteiger partial charge in [0, 0.05) is 30.9 Å². The molecule has 0 aromatic heterocycles. The average Bonchev–Trinajstić information content (AvgIpc) is 3.62. The Kier molecular flexibility index (Phi) is 9.94. The fraction of sp³-hybridized carbons (Fsp3) is 0.486. The maximum Gasteiger partial charge on any atom is 0.247 e. The van der Waals surface area contributed by atoms with E-state index in [4.69, 9.17) is 0 Å². The van der Waals surface area contributed by atoms with Gasteiger partial charge in [0.05, 0.1) is 29.2 Å². The molecule has 3 aliphatic heterocycles. The molecular formula is C37H47N3O4S. The molecule has 45 heavy (non-hydrogen) atoms. The number of nitrogens with zero attached hydrogens (tertiary/aromatic N) is 3. The second-order valence-corrected chi connectivity index (χ2v) is 15.0. The number of amides is 3. The third-order valence-electron chi connectivity index (χ3n) is 10.3. The second kappa shape index (κ2) is 13.6. The minimum Gasteiger partial charge on any atom is -0.394 e. The molecule has 3 saturated heterocycles. The van der Waals surface area contributed by atoms with Gasteiger partial charge in [-0.1, -0.05) is 93.1 Å². The fourth-order valence-electron chi connectivity index (χ4n) is 7.94. The summed E-state index contributed by atoms with van der Waals surface area (Å²) in [6.45, 7) is 15.2. The lowest BCUT2D eigenvalue weighted by atomic mass is 9.66. The predicted octanol–water partition coefficient (Wildman–Crippen LogP) is 5.30. The highest BCUT2D eigenvalue weighted by molar-refractivity contribution is 8.02. The maximum atomic E-state index is 14.9. The van der Waals surface area contributed by atoms with Crippen molar-refractivity contribution in [1.29, 1.82) is 0 Å². The van der Waals surface area contributed by atoms with E-state index < -0.39 is 33.4 Å². The normalized spacial score (nSPS) is 28.0. The number of thioether (sulfide) groups is 1. The van der Waals surface area contributed by atoms with Crippen molar-refractivity contribution < 1.29 is 19.5 Å². The van der Waals surface area contributed by atoms with Crippen LogP contribution < -0.4 is 0 Å². The standard InChI is InChI=1S/C37H47N3O4S/c1-6-21-38(23-27-15-11-9-12-16-27)33(42)30-31-34(43)40(29(25-41)26(4)8-3)32(37(31)20-19-36(30,5)45-37)35(44)39(22-7-2)24-28-17-13-10-14-18-28/h6-7,9-18,26,29-32,41H,1-2,8,19-25H2,3-5H3/t26-,29-,30+,31-,32?,36-,37?/m0/s1. The van der Waals surface area contributed by atoms with E-state index in [1.807, 2.05) is 74.5 Å². The molecule has 240 valence electrons. The lowest BCUT2D eigenvalue weighted by Crippen LogP contribution is -2.58. The molecule has 7 atom stereocenters. The highest BCUT2D eigenvalue weighted by Crippen LogP contribution is 2.72. The van der Waals surface area contributed by atoms with E-state index in [0.29, 0.717) is 32.6 Å². The Morgan fingerprint density at radius 1 is 0.978 bits per heavy atom. The van der Waals surface area contributed by atoms with Crippen LogP contribution in [-0.2, 0) is 27.5 Å². The van der Waals surface area contributed by atoms with Crippen molar-refractivity contribution in [2.24, 2.45) is 17.8 Å². The van der Waals surface area contributed by atoms with Gasteiger partial charge in [0.15, 0.2) is 0 Å². The molecule has 3 fully saturated rings. The highest BCUT2D eigenvalue weighted by Gasteiger charge is 2.78. The Hall–Kier alpha value is -3.36. The Balaban J connectivity index is 1.58. The minimum absolute atomic E-state index is 0.0336. The van der Waals surface area contributed by atoms with E-state index in [0.717, 1.165) is 24.0 Å². The van der Waals surface area contributed by atoms with Gasteiger partial charge in [0.1, 0.15) is 6.04 Å². The molecule has 0 aliphatic carbocycles. The number of hydrogen-bond acceptors (Lipinski definition) is 5. The van der Waals surface area contributed by atoms with E-state index >= 15 is 0 Å². The van der Waals surface area contributed by atoms with E-state index in [1.54, 1.807) is 38.6 Å². The maximum absolute atomic E-state index is 14.9. The van der Waals surface area contributed by atoms with Crippen molar-refractivity contribution in [2.75, 3.05) is 19.7 Å². The zero-order valence-electron chi connectivity index (χ0n) is 26.8. The van der Waals surface area contributed by atoms with E-state index in [9.17, 15) is 19.5 Å². The molecule has 1 spiro atoms. The Morgan fingerprint density at radius 2 is 1.51 bits per heavy atom. The summed E-state index contributed by atoms with van der Waals surface area (Å²) in [5.74, 6) is -1.68. The van der Waals surface area contributed by atoms with Gasteiger partial charge in [-0.25, -0.2) is 0 Å².